The Balaban J connectivity index is 2.83. The number of hydrogen-bond donors (Lipinski definition) is 1. The van der Waals surface area contributed by atoms with Gasteiger partial charge < -0.3 is 9.84 Å². The Morgan fingerprint density at radius 1 is 1.53 bits per heavy atom. The normalized spacial score (nSPS) is 12.8. The molecule has 0 aliphatic rings. The molecule has 1 unspecified atom stereocenters. The number of nitrogens with zero attached hydrogens (tertiary/aromatic N) is 2. The average molecular weight is 212 g/mol. The topological polar surface area (TPSA) is 47.3 Å². The molecular weight excluding hydrogens is 192 g/mol. The van der Waals surface area contributed by atoms with Crippen LogP contribution in [0.2, 0.25) is 0 Å². The summed E-state index contributed by atoms with van der Waals surface area (Å²) in [5, 5.41) is 14.2. The maximum absolute atomic E-state index is 10.0. The fourth-order valence-electron chi connectivity index (χ4n) is 1.66. The molecule has 1 atom stereocenters. The molecule has 0 bridgehead atoms. The molecule has 1 aromatic heterocycles. The number of methoxy groups -OCH3 is 1. The number of ether oxygens (including phenoxy) is 1. The molecule has 0 aliphatic carbocycles. The molecule has 0 aromatic carbocycles. The predicted octanol–water partition coefficient (Wildman–Crippen LogP) is 2.14. The van der Waals surface area contributed by atoms with Crippen molar-refractivity contribution < 1.29 is 9.84 Å². The van der Waals surface area contributed by atoms with E-state index in [-0.39, 0.29) is 0 Å². The van der Waals surface area contributed by atoms with Gasteiger partial charge in [0.1, 0.15) is 5.69 Å². The number of aryl methyl sites for hydroxylation is 1. The highest BCUT2D eigenvalue weighted by Gasteiger charge is 2.18. The van der Waals surface area contributed by atoms with E-state index in [1.807, 2.05) is 6.92 Å². The van der Waals surface area contributed by atoms with Crippen LogP contribution in [0, 0.1) is 0 Å². The van der Waals surface area contributed by atoms with Gasteiger partial charge in [-0.3, -0.25) is 4.68 Å². The van der Waals surface area contributed by atoms with Crippen LogP contribution in [-0.2, 0) is 6.54 Å². The van der Waals surface area contributed by atoms with Gasteiger partial charge in [0, 0.05) is 6.54 Å². The molecule has 4 heteroatoms. The van der Waals surface area contributed by atoms with E-state index in [0.717, 1.165) is 31.5 Å². The monoisotopic (exact) mass is 212 g/mol. The van der Waals surface area contributed by atoms with E-state index in [1.165, 1.54) is 0 Å². The standard InChI is InChI=1S/C11H20N2O2/c1-4-6-7-9(14)11-10(15-3)8-12-13(11)5-2/h8-9,14H,4-7H2,1-3H3. The zero-order valence-electron chi connectivity index (χ0n) is 9.73. The Labute approximate surface area is 90.9 Å². The Hall–Kier alpha value is -1.03. The first-order chi connectivity index (χ1) is 7.24. The van der Waals surface area contributed by atoms with Gasteiger partial charge in [0.2, 0.25) is 0 Å². The highest BCUT2D eigenvalue weighted by Crippen LogP contribution is 2.28. The molecular formula is C11H20N2O2. The molecule has 0 aliphatic heterocycles. The lowest BCUT2D eigenvalue weighted by Crippen LogP contribution is -2.09. The fourth-order valence-corrected chi connectivity index (χ4v) is 1.66. The summed E-state index contributed by atoms with van der Waals surface area (Å²) < 4.78 is 6.98. The van der Waals surface area contributed by atoms with Crippen LogP contribution in [0.1, 0.15) is 44.9 Å². The van der Waals surface area contributed by atoms with E-state index in [0.29, 0.717) is 5.75 Å². The van der Waals surface area contributed by atoms with Crippen molar-refractivity contribution in [2.24, 2.45) is 0 Å². The summed E-state index contributed by atoms with van der Waals surface area (Å²) in [7, 11) is 1.60. The molecule has 0 spiro atoms. The van der Waals surface area contributed by atoms with E-state index in [2.05, 4.69) is 12.0 Å². The van der Waals surface area contributed by atoms with Gasteiger partial charge in [-0.05, 0) is 13.3 Å². The second kappa shape index (κ2) is 5.75. The smallest absolute Gasteiger partial charge is 0.162 e. The van der Waals surface area contributed by atoms with Crippen LogP contribution in [0.5, 0.6) is 5.75 Å². The third-order valence-electron chi connectivity index (χ3n) is 2.51. The quantitative estimate of drug-likeness (QED) is 0.785. The average Bonchev–Trinajstić information content (AvgIpc) is 2.68. The SMILES string of the molecule is CCCCC(O)c1c(OC)cnn1CC. The van der Waals surface area contributed by atoms with Crippen molar-refractivity contribution in [1.82, 2.24) is 9.78 Å². The predicted molar refractivity (Wildman–Crippen MR) is 58.9 cm³/mol. The summed E-state index contributed by atoms with van der Waals surface area (Å²) >= 11 is 0. The lowest BCUT2D eigenvalue weighted by molar-refractivity contribution is 0.149. The lowest BCUT2D eigenvalue weighted by Gasteiger charge is -2.13. The zero-order chi connectivity index (χ0) is 11.3. The van der Waals surface area contributed by atoms with E-state index in [9.17, 15) is 5.11 Å². The van der Waals surface area contributed by atoms with Gasteiger partial charge in [-0.15, -0.1) is 0 Å². The first kappa shape index (κ1) is 12.0. The van der Waals surface area contributed by atoms with Crippen molar-refractivity contribution >= 4 is 0 Å². The molecule has 1 rings (SSSR count). The maximum atomic E-state index is 10.0. The first-order valence-electron chi connectivity index (χ1n) is 5.52. The number of aliphatic hydroxyl groups excluding tert-OH is 1. The van der Waals surface area contributed by atoms with Crippen LogP contribution in [0.4, 0.5) is 0 Å². The number of aromatic nitrogens is 2. The summed E-state index contributed by atoms with van der Waals surface area (Å²) in [6.07, 6.45) is 4.05. The van der Waals surface area contributed by atoms with Crippen molar-refractivity contribution in [3.05, 3.63) is 11.9 Å². The van der Waals surface area contributed by atoms with Crippen LogP contribution in [-0.4, -0.2) is 22.0 Å². The molecule has 0 saturated carbocycles. The van der Waals surface area contributed by atoms with Crippen molar-refractivity contribution in [3.63, 3.8) is 0 Å². The van der Waals surface area contributed by atoms with Gasteiger partial charge in [0.25, 0.3) is 0 Å². The van der Waals surface area contributed by atoms with Gasteiger partial charge >= 0.3 is 0 Å². The third-order valence-corrected chi connectivity index (χ3v) is 2.51. The van der Waals surface area contributed by atoms with Crippen LogP contribution in [0.3, 0.4) is 0 Å². The van der Waals surface area contributed by atoms with Crippen LogP contribution < -0.4 is 4.74 Å². The highest BCUT2D eigenvalue weighted by atomic mass is 16.5. The van der Waals surface area contributed by atoms with Crippen molar-refractivity contribution in [3.8, 4) is 5.75 Å². The van der Waals surface area contributed by atoms with Gasteiger partial charge in [-0.2, -0.15) is 5.10 Å². The third kappa shape index (κ3) is 2.72. The van der Waals surface area contributed by atoms with Crippen LogP contribution >= 0.6 is 0 Å². The van der Waals surface area contributed by atoms with Crippen molar-refractivity contribution in [1.29, 1.82) is 0 Å². The molecule has 1 heterocycles. The minimum absolute atomic E-state index is 0.470. The Morgan fingerprint density at radius 3 is 2.80 bits per heavy atom. The number of unbranched alkanes of at least 4 members (excludes halogenated alkanes) is 1. The summed E-state index contributed by atoms with van der Waals surface area (Å²) in [6, 6.07) is 0. The van der Waals surface area contributed by atoms with E-state index in [4.69, 9.17) is 4.74 Å². The Kier molecular flexibility index (Phi) is 4.62. The molecule has 4 nitrogen and oxygen atoms in total. The van der Waals surface area contributed by atoms with Crippen molar-refractivity contribution in [2.75, 3.05) is 7.11 Å². The van der Waals surface area contributed by atoms with E-state index < -0.39 is 6.10 Å². The number of aliphatic hydroxyl groups is 1. The summed E-state index contributed by atoms with van der Waals surface area (Å²) in [5.74, 6) is 0.681. The van der Waals surface area contributed by atoms with Gasteiger partial charge in [0.15, 0.2) is 5.75 Å². The van der Waals surface area contributed by atoms with Gasteiger partial charge in [0.05, 0.1) is 19.4 Å². The van der Waals surface area contributed by atoms with Gasteiger partial charge in [-0.1, -0.05) is 19.8 Å². The molecule has 0 saturated heterocycles. The second-order valence-electron chi connectivity index (χ2n) is 3.57. The Morgan fingerprint density at radius 2 is 2.27 bits per heavy atom. The molecule has 15 heavy (non-hydrogen) atoms. The molecule has 86 valence electrons. The minimum atomic E-state index is -0.470. The zero-order valence-corrected chi connectivity index (χ0v) is 9.73. The highest BCUT2D eigenvalue weighted by molar-refractivity contribution is 5.27. The molecule has 0 fully saturated rings. The number of rotatable bonds is 6. The molecule has 1 aromatic rings. The lowest BCUT2D eigenvalue weighted by atomic mass is 10.1. The second-order valence-corrected chi connectivity index (χ2v) is 3.57. The summed E-state index contributed by atoms with van der Waals surface area (Å²) in [6.45, 7) is 4.87. The van der Waals surface area contributed by atoms with Crippen molar-refractivity contribution in [2.45, 2.75) is 45.8 Å². The summed E-state index contributed by atoms with van der Waals surface area (Å²) in [4.78, 5) is 0. The van der Waals surface area contributed by atoms with Gasteiger partial charge in [-0.25, -0.2) is 0 Å². The minimum Gasteiger partial charge on any atom is -0.493 e. The largest absolute Gasteiger partial charge is 0.493 e. The molecule has 0 amide bonds. The molecule has 1 N–H and O–H groups in total. The Bertz CT molecular complexity index is 275. The first-order valence-corrected chi connectivity index (χ1v) is 5.52. The van der Waals surface area contributed by atoms with Crippen LogP contribution in [0.15, 0.2) is 6.20 Å². The molecule has 0 radical (unpaired) electrons. The number of hydrogen-bond acceptors (Lipinski definition) is 3. The summed E-state index contributed by atoms with van der Waals surface area (Å²) in [5.41, 5.74) is 0.799. The van der Waals surface area contributed by atoms with E-state index >= 15 is 0 Å². The van der Waals surface area contributed by atoms with E-state index in [1.54, 1.807) is 18.0 Å². The fraction of sp³-hybridized carbons (Fsp3) is 0.727. The maximum Gasteiger partial charge on any atom is 0.162 e. The van der Waals surface area contributed by atoms with Crippen LogP contribution in [0.25, 0.3) is 0 Å².